The molecule has 3 aromatic rings. The van der Waals surface area contributed by atoms with Gasteiger partial charge in [-0.1, -0.05) is 6.07 Å². The maximum Gasteiger partial charge on any atom is 0.143 e. The van der Waals surface area contributed by atoms with Gasteiger partial charge in [0.05, 0.1) is 12.6 Å². The van der Waals surface area contributed by atoms with E-state index in [0.29, 0.717) is 12.8 Å². The summed E-state index contributed by atoms with van der Waals surface area (Å²) in [7, 11) is 1.63. The lowest BCUT2D eigenvalue weighted by molar-refractivity contribution is -0.117. The number of hydrogen-bond acceptors (Lipinski definition) is 4. The number of nitrogens with zero attached hydrogens (tertiary/aromatic N) is 2. The monoisotopic (exact) mass is 306 g/mol. The summed E-state index contributed by atoms with van der Waals surface area (Å²) in [6, 6.07) is 13.4. The molecule has 116 valence electrons. The van der Waals surface area contributed by atoms with E-state index in [1.54, 1.807) is 13.3 Å². The predicted molar refractivity (Wildman–Crippen MR) is 89.7 cm³/mol. The number of aromatic nitrogens is 2. The number of ether oxygens (including phenoxy) is 1. The van der Waals surface area contributed by atoms with E-state index in [1.165, 1.54) is 0 Å². The van der Waals surface area contributed by atoms with Crippen molar-refractivity contribution in [1.82, 2.24) is 9.97 Å². The van der Waals surface area contributed by atoms with E-state index in [4.69, 9.17) is 4.74 Å². The van der Waals surface area contributed by atoms with Crippen LogP contribution in [0.4, 0.5) is 0 Å². The van der Waals surface area contributed by atoms with E-state index in [0.717, 1.165) is 33.6 Å². The Morgan fingerprint density at radius 3 is 2.78 bits per heavy atom. The van der Waals surface area contributed by atoms with Crippen LogP contribution >= 0.6 is 0 Å². The number of rotatable bonds is 5. The Bertz CT molecular complexity index is 859. The summed E-state index contributed by atoms with van der Waals surface area (Å²) in [6.07, 6.45) is 2.46. The fourth-order valence-electron chi connectivity index (χ4n) is 2.64. The van der Waals surface area contributed by atoms with Gasteiger partial charge in [0.2, 0.25) is 0 Å². The van der Waals surface area contributed by atoms with Crippen LogP contribution in [0, 0.1) is 6.92 Å². The highest BCUT2D eigenvalue weighted by Crippen LogP contribution is 2.22. The van der Waals surface area contributed by atoms with Crippen LogP contribution in [0.2, 0.25) is 0 Å². The van der Waals surface area contributed by atoms with Gasteiger partial charge < -0.3 is 4.74 Å². The van der Waals surface area contributed by atoms with E-state index in [2.05, 4.69) is 9.97 Å². The second-order valence-corrected chi connectivity index (χ2v) is 5.52. The third-order valence-electron chi connectivity index (χ3n) is 3.75. The van der Waals surface area contributed by atoms with Crippen molar-refractivity contribution >= 4 is 16.7 Å². The van der Waals surface area contributed by atoms with Crippen LogP contribution in [0.15, 0.2) is 48.7 Å². The number of carbonyl (C=O) groups is 1. The van der Waals surface area contributed by atoms with Crippen LogP contribution in [-0.2, 0) is 17.6 Å². The molecule has 3 rings (SSSR count). The Kier molecular flexibility index (Phi) is 4.33. The number of aryl methyl sites for hydroxylation is 1. The van der Waals surface area contributed by atoms with Gasteiger partial charge in [-0.2, -0.15) is 0 Å². The van der Waals surface area contributed by atoms with Crippen LogP contribution in [0.5, 0.6) is 5.75 Å². The molecule has 0 radical (unpaired) electrons. The molecule has 23 heavy (non-hydrogen) atoms. The fraction of sp³-hybridized carbons (Fsp3) is 0.211. The van der Waals surface area contributed by atoms with Crippen molar-refractivity contribution in [2.75, 3.05) is 7.11 Å². The maximum absolute atomic E-state index is 12.4. The Balaban J connectivity index is 1.82. The van der Waals surface area contributed by atoms with Gasteiger partial charge in [-0.3, -0.25) is 14.8 Å². The molecule has 0 saturated heterocycles. The summed E-state index contributed by atoms with van der Waals surface area (Å²) in [5, 5.41) is 0.985. The number of methoxy groups -OCH3 is 1. The van der Waals surface area contributed by atoms with E-state index in [9.17, 15) is 4.79 Å². The SMILES string of the molecule is COc1ccc2c(CC(=O)Cc3cccc(C)n3)ccnc2c1. The van der Waals surface area contributed by atoms with Gasteiger partial charge in [0, 0.05) is 41.9 Å². The molecular formula is C19H18N2O2. The highest BCUT2D eigenvalue weighted by atomic mass is 16.5. The topological polar surface area (TPSA) is 52.1 Å². The lowest BCUT2D eigenvalue weighted by Crippen LogP contribution is -2.08. The molecule has 0 saturated carbocycles. The van der Waals surface area contributed by atoms with Crippen molar-refractivity contribution in [1.29, 1.82) is 0 Å². The first-order chi connectivity index (χ1) is 11.2. The van der Waals surface area contributed by atoms with E-state index in [-0.39, 0.29) is 5.78 Å². The van der Waals surface area contributed by atoms with Gasteiger partial charge in [-0.25, -0.2) is 0 Å². The first-order valence-corrected chi connectivity index (χ1v) is 7.51. The minimum absolute atomic E-state index is 0.145. The van der Waals surface area contributed by atoms with Gasteiger partial charge in [-0.05, 0) is 42.8 Å². The lowest BCUT2D eigenvalue weighted by atomic mass is 10.0. The Hall–Kier alpha value is -2.75. The van der Waals surface area contributed by atoms with Crippen LogP contribution in [0.25, 0.3) is 10.9 Å². The average molecular weight is 306 g/mol. The van der Waals surface area contributed by atoms with Crippen molar-refractivity contribution in [2.45, 2.75) is 19.8 Å². The number of hydrogen-bond donors (Lipinski definition) is 0. The quantitative estimate of drug-likeness (QED) is 0.726. The van der Waals surface area contributed by atoms with Gasteiger partial charge in [0.1, 0.15) is 11.5 Å². The second kappa shape index (κ2) is 6.57. The van der Waals surface area contributed by atoms with Gasteiger partial charge in [0.15, 0.2) is 0 Å². The number of fused-ring (bicyclic) bond motifs is 1. The number of pyridine rings is 2. The highest BCUT2D eigenvalue weighted by Gasteiger charge is 2.10. The largest absolute Gasteiger partial charge is 0.497 e. The normalized spacial score (nSPS) is 10.7. The number of carbonyl (C=O) groups excluding carboxylic acids is 1. The second-order valence-electron chi connectivity index (χ2n) is 5.52. The molecule has 0 unspecified atom stereocenters. The Morgan fingerprint density at radius 1 is 1.13 bits per heavy atom. The summed E-state index contributed by atoms with van der Waals surface area (Å²) in [5.41, 5.74) is 3.56. The molecule has 4 heteroatoms. The smallest absolute Gasteiger partial charge is 0.143 e. The van der Waals surface area contributed by atoms with Crippen molar-refractivity contribution in [3.63, 3.8) is 0 Å². The lowest BCUT2D eigenvalue weighted by Gasteiger charge is -2.07. The molecule has 0 bridgehead atoms. The van der Waals surface area contributed by atoms with Crippen molar-refractivity contribution in [3.05, 3.63) is 65.6 Å². The van der Waals surface area contributed by atoms with Crippen molar-refractivity contribution in [3.8, 4) is 5.75 Å². The first kappa shape index (κ1) is 15.2. The molecule has 0 spiro atoms. The van der Waals surface area contributed by atoms with Crippen LogP contribution < -0.4 is 4.74 Å². The predicted octanol–water partition coefficient (Wildman–Crippen LogP) is 3.30. The number of Topliss-reactive ketones (excluding diaryl/α,β-unsaturated/α-hetero) is 1. The summed E-state index contributed by atoms with van der Waals surface area (Å²) >= 11 is 0. The standard InChI is InChI=1S/C19H18N2O2/c1-13-4-3-5-15(21-13)11-16(22)10-14-8-9-20-19-12-17(23-2)6-7-18(14)19/h3-9,12H,10-11H2,1-2H3. The zero-order valence-electron chi connectivity index (χ0n) is 13.2. The fourth-order valence-corrected chi connectivity index (χ4v) is 2.64. The molecule has 0 fully saturated rings. The molecule has 0 aliphatic carbocycles. The summed E-state index contributed by atoms with van der Waals surface area (Å²) in [5.74, 6) is 0.906. The Morgan fingerprint density at radius 2 is 2.00 bits per heavy atom. The molecule has 4 nitrogen and oxygen atoms in total. The first-order valence-electron chi connectivity index (χ1n) is 7.51. The zero-order chi connectivity index (χ0) is 16.2. The third kappa shape index (κ3) is 3.54. The van der Waals surface area contributed by atoms with E-state index < -0.39 is 0 Å². The molecule has 0 atom stereocenters. The third-order valence-corrected chi connectivity index (χ3v) is 3.75. The van der Waals surface area contributed by atoms with E-state index >= 15 is 0 Å². The molecule has 2 aromatic heterocycles. The molecule has 2 heterocycles. The minimum atomic E-state index is 0.145. The van der Waals surface area contributed by atoms with Crippen molar-refractivity contribution in [2.24, 2.45) is 0 Å². The average Bonchev–Trinajstić information content (AvgIpc) is 2.54. The van der Waals surface area contributed by atoms with Crippen LogP contribution in [-0.4, -0.2) is 22.9 Å². The minimum Gasteiger partial charge on any atom is -0.497 e. The zero-order valence-corrected chi connectivity index (χ0v) is 13.2. The summed E-state index contributed by atoms with van der Waals surface area (Å²) in [4.78, 5) is 21.1. The maximum atomic E-state index is 12.4. The number of benzene rings is 1. The highest BCUT2D eigenvalue weighted by molar-refractivity contribution is 5.90. The summed E-state index contributed by atoms with van der Waals surface area (Å²) < 4.78 is 5.22. The van der Waals surface area contributed by atoms with Crippen molar-refractivity contribution < 1.29 is 9.53 Å². The Labute approximate surface area is 135 Å². The molecular weight excluding hydrogens is 288 g/mol. The summed E-state index contributed by atoms with van der Waals surface area (Å²) in [6.45, 7) is 1.93. The molecule has 0 aliphatic rings. The molecule has 0 aliphatic heterocycles. The van der Waals surface area contributed by atoms with Crippen LogP contribution in [0.1, 0.15) is 17.0 Å². The van der Waals surface area contributed by atoms with Crippen LogP contribution in [0.3, 0.4) is 0 Å². The molecule has 0 N–H and O–H groups in total. The van der Waals surface area contributed by atoms with Gasteiger partial charge in [-0.15, -0.1) is 0 Å². The molecule has 1 aromatic carbocycles. The molecule has 0 amide bonds. The van der Waals surface area contributed by atoms with E-state index in [1.807, 2.05) is 49.4 Å². The number of ketones is 1. The van der Waals surface area contributed by atoms with Gasteiger partial charge in [0.25, 0.3) is 0 Å². The van der Waals surface area contributed by atoms with Gasteiger partial charge >= 0.3 is 0 Å².